The standard InChI is InChI=1S/C21H22N2O2S/c1-2-25-19-12-10-18(11-13-19)22-21-23(15-6-16-26-21)20(24)14-9-17-7-4-3-5-8-17/h3-5,7-14H,2,6,15-16H2,1H3/b14-9+,22-21?. The Balaban J connectivity index is 1.74. The second-order valence-electron chi connectivity index (χ2n) is 5.76. The van der Waals surface area contributed by atoms with Crippen LogP contribution in [0.15, 0.2) is 65.7 Å². The van der Waals surface area contributed by atoms with E-state index in [1.54, 1.807) is 22.7 Å². The third-order valence-corrected chi connectivity index (χ3v) is 4.91. The minimum atomic E-state index is -0.0364. The van der Waals surface area contributed by atoms with Gasteiger partial charge in [0, 0.05) is 18.4 Å². The highest BCUT2D eigenvalue weighted by atomic mass is 32.2. The van der Waals surface area contributed by atoms with Crippen LogP contribution < -0.4 is 4.74 Å². The normalized spacial score (nSPS) is 16.2. The van der Waals surface area contributed by atoms with Gasteiger partial charge in [0.1, 0.15) is 5.75 Å². The first-order valence-corrected chi connectivity index (χ1v) is 9.74. The Morgan fingerprint density at radius 2 is 1.96 bits per heavy atom. The average molecular weight is 366 g/mol. The highest BCUT2D eigenvalue weighted by Crippen LogP contribution is 2.24. The molecule has 0 radical (unpaired) electrons. The largest absolute Gasteiger partial charge is 0.494 e. The molecule has 0 N–H and O–H groups in total. The molecule has 26 heavy (non-hydrogen) atoms. The van der Waals surface area contributed by atoms with Gasteiger partial charge in [0.05, 0.1) is 12.3 Å². The molecule has 0 atom stereocenters. The average Bonchev–Trinajstić information content (AvgIpc) is 2.69. The molecule has 0 aromatic heterocycles. The van der Waals surface area contributed by atoms with Crippen LogP contribution in [0, 0.1) is 0 Å². The topological polar surface area (TPSA) is 41.9 Å². The van der Waals surface area contributed by atoms with Crippen molar-refractivity contribution >= 4 is 34.6 Å². The van der Waals surface area contributed by atoms with Crippen LogP contribution in [0.1, 0.15) is 18.9 Å². The summed E-state index contributed by atoms with van der Waals surface area (Å²) in [5, 5.41) is 0.753. The molecule has 2 aromatic carbocycles. The lowest BCUT2D eigenvalue weighted by atomic mass is 10.2. The van der Waals surface area contributed by atoms with Crippen molar-refractivity contribution in [1.82, 2.24) is 4.90 Å². The van der Waals surface area contributed by atoms with Crippen LogP contribution in [-0.2, 0) is 4.79 Å². The van der Waals surface area contributed by atoms with Crippen LogP contribution >= 0.6 is 11.8 Å². The van der Waals surface area contributed by atoms with E-state index in [4.69, 9.17) is 4.74 Å². The molecule has 1 amide bonds. The monoisotopic (exact) mass is 366 g/mol. The van der Waals surface area contributed by atoms with Crippen molar-refractivity contribution in [2.75, 3.05) is 18.9 Å². The minimum Gasteiger partial charge on any atom is -0.494 e. The molecule has 3 rings (SSSR count). The minimum absolute atomic E-state index is 0.0364. The van der Waals surface area contributed by atoms with E-state index in [1.165, 1.54) is 0 Å². The van der Waals surface area contributed by atoms with Crippen molar-refractivity contribution < 1.29 is 9.53 Å². The number of hydrogen-bond donors (Lipinski definition) is 0. The van der Waals surface area contributed by atoms with Gasteiger partial charge in [-0.05, 0) is 49.2 Å². The number of nitrogens with zero attached hydrogens (tertiary/aromatic N) is 2. The molecule has 1 aliphatic heterocycles. The lowest BCUT2D eigenvalue weighted by molar-refractivity contribution is -0.122. The zero-order valence-corrected chi connectivity index (χ0v) is 15.6. The fourth-order valence-electron chi connectivity index (χ4n) is 2.57. The number of amidine groups is 1. The van der Waals surface area contributed by atoms with Crippen molar-refractivity contribution in [3.63, 3.8) is 0 Å². The first-order chi connectivity index (χ1) is 12.8. The third kappa shape index (κ3) is 4.99. The quantitative estimate of drug-likeness (QED) is 0.717. The number of aliphatic imine (C=N–C) groups is 1. The molecule has 1 saturated heterocycles. The summed E-state index contributed by atoms with van der Waals surface area (Å²) in [6.07, 6.45) is 4.43. The van der Waals surface area contributed by atoms with Gasteiger partial charge in [-0.15, -0.1) is 0 Å². The molecule has 0 aliphatic carbocycles. The Morgan fingerprint density at radius 1 is 1.19 bits per heavy atom. The molecule has 1 aliphatic rings. The first-order valence-electron chi connectivity index (χ1n) is 8.75. The van der Waals surface area contributed by atoms with E-state index in [9.17, 15) is 4.79 Å². The third-order valence-electron chi connectivity index (χ3n) is 3.84. The molecule has 4 nitrogen and oxygen atoms in total. The van der Waals surface area contributed by atoms with Crippen LogP contribution in [0.3, 0.4) is 0 Å². The number of amides is 1. The van der Waals surface area contributed by atoms with Gasteiger partial charge < -0.3 is 4.74 Å². The molecule has 0 bridgehead atoms. The van der Waals surface area contributed by atoms with E-state index >= 15 is 0 Å². The summed E-state index contributed by atoms with van der Waals surface area (Å²) >= 11 is 1.62. The maximum Gasteiger partial charge on any atom is 0.252 e. The molecule has 1 fully saturated rings. The zero-order chi connectivity index (χ0) is 18.2. The molecule has 0 spiro atoms. The SMILES string of the molecule is CCOc1ccc(N=C2SCCCN2C(=O)/C=C/c2ccccc2)cc1. The second kappa shape index (κ2) is 9.25. The number of ether oxygens (including phenoxy) is 1. The van der Waals surface area contributed by atoms with Crippen LogP contribution in [0.25, 0.3) is 6.08 Å². The Morgan fingerprint density at radius 3 is 2.69 bits per heavy atom. The van der Waals surface area contributed by atoms with Crippen LogP contribution in [-0.4, -0.2) is 34.9 Å². The lowest BCUT2D eigenvalue weighted by Gasteiger charge is -2.26. The van der Waals surface area contributed by atoms with Crippen molar-refractivity contribution in [2.24, 2.45) is 4.99 Å². The van der Waals surface area contributed by atoms with Gasteiger partial charge >= 0.3 is 0 Å². The first kappa shape index (κ1) is 18.3. The van der Waals surface area contributed by atoms with Crippen molar-refractivity contribution in [3.05, 3.63) is 66.2 Å². The fourth-order valence-corrected chi connectivity index (χ4v) is 3.54. The van der Waals surface area contributed by atoms with E-state index in [-0.39, 0.29) is 5.91 Å². The van der Waals surface area contributed by atoms with Gasteiger partial charge in [0.25, 0.3) is 5.91 Å². The van der Waals surface area contributed by atoms with Gasteiger partial charge in [-0.2, -0.15) is 0 Å². The molecule has 134 valence electrons. The van der Waals surface area contributed by atoms with Crippen LogP contribution in [0.2, 0.25) is 0 Å². The van der Waals surface area contributed by atoms with Gasteiger partial charge in [0.2, 0.25) is 0 Å². The van der Waals surface area contributed by atoms with E-state index in [0.29, 0.717) is 13.2 Å². The van der Waals surface area contributed by atoms with E-state index in [0.717, 1.165) is 34.3 Å². The zero-order valence-electron chi connectivity index (χ0n) is 14.8. The van der Waals surface area contributed by atoms with Crippen LogP contribution in [0.4, 0.5) is 5.69 Å². The smallest absolute Gasteiger partial charge is 0.252 e. The van der Waals surface area contributed by atoms with Crippen molar-refractivity contribution in [2.45, 2.75) is 13.3 Å². The summed E-state index contributed by atoms with van der Waals surface area (Å²) < 4.78 is 5.46. The summed E-state index contributed by atoms with van der Waals surface area (Å²) in [5.41, 5.74) is 1.83. The summed E-state index contributed by atoms with van der Waals surface area (Å²) in [4.78, 5) is 19.1. The summed E-state index contributed by atoms with van der Waals surface area (Å²) in [6, 6.07) is 17.5. The maximum atomic E-state index is 12.6. The van der Waals surface area contributed by atoms with Crippen molar-refractivity contribution in [3.8, 4) is 5.75 Å². The Bertz CT molecular complexity index is 785. The van der Waals surface area contributed by atoms with Gasteiger partial charge in [-0.1, -0.05) is 42.1 Å². The highest BCUT2D eigenvalue weighted by molar-refractivity contribution is 8.13. The van der Waals surface area contributed by atoms with Crippen LogP contribution in [0.5, 0.6) is 5.75 Å². The lowest BCUT2D eigenvalue weighted by Crippen LogP contribution is -2.38. The van der Waals surface area contributed by atoms with E-state index in [2.05, 4.69) is 4.99 Å². The molecular formula is C21H22N2O2S. The van der Waals surface area contributed by atoms with E-state index in [1.807, 2.05) is 67.6 Å². The number of rotatable bonds is 5. The van der Waals surface area contributed by atoms with Gasteiger partial charge in [-0.3, -0.25) is 9.69 Å². The van der Waals surface area contributed by atoms with Crippen molar-refractivity contribution in [1.29, 1.82) is 0 Å². The number of benzene rings is 2. The summed E-state index contributed by atoms with van der Waals surface area (Å²) in [7, 11) is 0. The number of carbonyl (C=O) groups is 1. The fraction of sp³-hybridized carbons (Fsp3) is 0.238. The van der Waals surface area contributed by atoms with Gasteiger partial charge in [-0.25, -0.2) is 4.99 Å². The maximum absolute atomic E-state index is 12.6. The predicted octanol–water partition coefficient (Wildman–Crippen LogP) is 4.75. The summed E-state index contributed by atoms with van der Waals surface area (Å²) in [5.74, 6) is 1.76. The summed E-state index contributed by atoms with van der Waals surface area (Å²) in [6.45, 7) is 3.29. The number of carbonyl (C=O) groups excluding carboxylic acids is 1. The number of thioether (sulfide) groups is 1. The molecule has 0 saturated carbocycles. The Kier molecular flexibility index (Phi) is 6.50. The molecular weight excluding hydrogens is 344 g/mol. The Labute approximate surface area is 158 Å². The number of hydrogen-bond acceptors (Lipinski definition) is 4. The highest BCUT2D eigenvalue weighted by Gasteiger charge is 2.22. The van der Waals surface area contributed by atoms with Gasteiger partial charge in [0.15, 0.2) is 5.17 Å². The molecule has 2 aromatic rings. The molecule has 5 heteroatoms. The predicted molar refractivity (Wildman–Crippen MR) is 109 cm³/mol. The molecule has 0 unspecified atom stereocenters. The van der Waals surface area contributed by atoms with E-state index < -0.39 is 0 Å². The molecule has 1 heterocycles. The Hall–Kier alpha value is -2.53. The second-order valence-corrected chi connectivity index (χ2v) is 6.82.